The Balaban J connectivity index is 2.13. The molecule has 144 valence electrons. The molecule has 0 aromatic heterocycles. The fourth-order valence-corrected chi connectivity index (χ4v) is 3.12. The minimum Gasteiger partial charge on any atom is -0.463 e. The van der Waals surface area contributed by atoms with Crippen LogP contribution < -0.4 is 5.32 Å². The van der Waals surface area contributed by atoms with Crippen LogP contribution in [0.15, 0.2) is 71.8 Å². The second kappa shape index (κ2) is 9.04. The van der Waals surface area contributed by atoms with Crippen LogP contribution >= 0.6 is 0 Å². The zero-order valence-corrected chi connectivity index (χ0v) is 16.0. The Hall–Kier alpha value is -3.34. The van der Waals surface area contributed by atoms with E-state index in [0.29, 0.717) is 22.5 Å². The number of rotatable bonds is 6. The lowest BCUT2D eigenvalue weighted by atomic mass is 9.91. The maximum Gasteiger partial charge on any atom is 0.336 e. The van der Waals surface area contributed by atoms with Crippen molar-refractivity contribution < 1.29 is 19.1 Å². The van der Waals surface area contributed by atoms with Gasteiger partial charge in [0, 0.05) is 6.42 Å². The quantitative estimate of drug-likeness (QED) is 0.773. The monoisotopic (exact) mass is 377 g/mol. The van der Waals surface area contributed by atoms with Gasteiger partial charge in [-0.3, -0.25) is 0 Å². The number of carbonyl (C=O) groups excluding carboxylic acids is 2. The van der Waals surface area contributed by atoms with Gasteiger partial charge >= 0.3 is 11.9 Å². The fraction of sp³-hybridized carbons (Fsp3) is 0.217. The van der Waals surface area contributed by atoms with Gasteiger partial charge in [-0.25, -0.2) is 9.59 Å². The van der Waals surface area contributed by atoms with Crippen molar-refractivity contribution >= 4 is 23.3 Å². The SMILES string of the molecule is CCOC(=O)C1=C(c2ccccc2)NC(c2ccccc2)=C(C(=O)OCC)C1. The van der Waals surface area contributed by atoms with Crippen LogP contribution in [0.4, 0.5) is 0 Å². The second-order valence-corrected chi connectivity index (χ2v) is 6.18. The summed E-state index contributed by atoms with van der Waals surface area (Å²) in [6.45, 7) is 4.03. The van der Waals surface area contributed by atoms with Gasteiger partial charge in [0.2, 0.25) is 0 Å². The first-order valence-electron chi connectivity index (χ1n) is 9.34. The Kier molecular flexibility index (Phi) is 6.27. The Bertz CT molecular complexity index is 839. The summed E-state index contributed by atoms with van der Waals surface area (Å²) in [6, 6.07) is 19.1. The van der Waals surface area contributed by atoms with E-state index in [9.17, 15) is 9.59 Å². The highest BCUT2D eigenvalue weighted by Crippen LogP contribution is 2.34. The maximum absolute atomic E-state index is 12.7. The molecule has 0 radical (unpaired) electrons. The molecule has 0 unspecified atom stereocenters. The van der Waals surface area contributed by atoms with E-state index in [1.165, 1.54) is 0 Å². The summed E-state index contributed by atoms with van der Waals surface area (Å²) in [5.74, 6) is -0.884. The predicted molar refractivity (Wildman–Crippen MR) is 108 cm³/mol. The first-order chi connectivity index (χ1) is 13.7. The molecule has 3 rings (SSSR count). The van der Waals surface area contributed by atoms with Crippen LogP contribution in [-0.2, 0) is 19.1 Å². The van der Waals surface area contributed by atoms with Gasteiger partial charge in [0.15, 0.2) is 0 Å². The van der Waals surface area contributed by atoms with Gasteiger partial charge in [-0.2, -0.15) is 0 Å². The first-order valence-corrected chi connectivity index (χ1v) is 9.34. The zero-order chi connectivity index (χ0) is 19.9. The molecule has 0 spiro atoms. The number of nitrogens with one attached hydrogen (secondary N) is 1. The van der Waals surface area contributed by atoms with Crippen molar-refractivity contribution in [2.45, 2.75) is 20.3 Å². The van der Waals surface area contributed by atoms with E-state index in [0.717, 1.165) is 11.1 Å². The minimum atomic E-state index is -0.442. The molecule has 0 saturated heterocycles. The molecule has 0 aliphatic carbocycles. The molecule has 5 heteroatoms. The molecule has 28 heavy (non-hydrogen) atoms. The van der Waals surface area contributed by atoms with Crippen molar-refractivity contribution in [2.24, 2.45) is 0 Å². The molecule has 5 nitrogen and oxygen atoms in total. The Morgan fingerprint density at radius 1 is 0.750 bits per heavy atom. The van der Waals surface area contributed by atoms with Crippen LogP contribution in [0.3, 0.4) is 0 Å². The summed E-state index contributed by atoms with van der Waals surface area (Å²) >= 11 is 0. The van der Waals surface area contributed by atoms with Crippen LogP contribution in [0.1, 0.15) is 31.4 Å². The number of hydrogen-bond acceptors (Lipinski definition) is 5. The van der Waals surface area contributed by atoms with Gasteiger partial charge in [-0.1, -0.05) is 60.7 Å². The number of ether oxygens (including phenoxy) is 2. The predicted octanol–water partition coefficient (Wildman–Crippen LogP) is 3.93. The van der Waals surface area contributed by atoms with Crippen molar-refractivity contribution in [1.82, 2.24) is 5.32 Å². The van der Waals surface area contributed by atoms with E-state index in [2.05, 4.69) is 5.32 Å². The lowest BCUT2D eigenvalue weighted by Crippen LogP contribution is -2.27. The smallest absolute Gasteiger partial charge is 0.336 e. The van der Waals surface area contributed by atoms with E-state index in [4.69, 9.17) is 9.47 Å². The van der Waals surface area contributed by atoms with Crippen LogP contribution in [0.5, 0.6) is 0 Å². The molecule has 2 aromatic carbocycles. The van der Waals surface area contributed by atoms with E-state index in [1.807, 2.05) is 60.7 Å². The molecule has 1 N–H and O–H groups in total. The van der Waals surface area contributed by atoms with Gasteiger partial charge in [0.05, 0.1) is 35.8 Å². The highest BCUT2D eigenvalue weighted by atomic mass is 16.5. The minimum absolute atomic E-state index is 0.138. The first kappa shape index (κ1) is 19.4. The van der Waals surface area contributed by atoms with Crippen LogP contribution in [0, 0.1) is 0 Å². The molecule has 1 aliphatic rings. The average molecular weight is 377 g/mol. The third-order valence-electron chi connectivity index (χ3n) is 4.38. The van der Waals surface area contributed by atoms with Gasteiger partial charge < -0.3 is 14.8 Å². The molecule has 1 heterocycles. The van der Waals surface area contributed by atoms with Crippen LogP contribution in [0.25, 0.3) is 11.4 Å². The summed E-state index contributed by atoms with van der Waals surface area (Å²) < 4.78 is 10.5. The van der Waals surface area contributed by atoms with E-state index < -0.39 is 11.9 Å². The zero-order valence-electron chi connectivity index (χ0n) is 16.0. The molecule has 0 atom stereocenters. The van der Waals surface area contributed by atoms with Crippen molar-refractivity contribution in [3.05, 3.63) is 82.9 Å². The normalized spacial score (nSPS) is 13.8. The lowest BCUT2D eigenvalue weighted by Gasteiger charge is -2.26. The summed E-state index contributed by atoms with van der Waals surface area (Å²) in [5, 5.41) is 3.32. The van der Waals surface area contributed by atoms with Crippen molar-refractivity contribution in [3.63, 3.8) is 0 Å². The van der Waals surface area contributed by atoms with Gasteiger partial charge in [0.1, 0.15) is 0 Å². The largest absolute Gasteiger partial charge is 0.463 e. The van der Waals surface area contributed by atoms with Gasteiger partial charge in [0.25, 0.3) is 0 Å². The van der Waals surface area contributed by atoms with Gasteiger partial charge in [-0.15, -0.1) is 0 Å². The highest BCUT2D eigenvalue weighted by molar-refractivity contribution is 6.07. The van der Waals surface area contributed by atoms with Crippen LogP contribution in [0.2, 0.25) is 0 Å². The number of dihydropyridines is 1. The van der Waals surface area contributed by atoms with Crippen molar-refractivity contribution in [2.75, 3.05) is 13.2 Å². The molecular weight excluding hydrogens is 354 g/mol. The summed E-state index contributed by atoms with van der Waals surface area (Å²) in [5.41, 5.74) is 3.81. The highest BCUT2D eigenvalue weighted by Gasteiger charge is 2.31. The third-order valence-corrected chi connectivity index (χ3v) is 4.38. The number of benzene rings is 2. The standard InChI is InChI=1S/C23H23NO4/c1-3-27-22(25)18-15-19(23(26)28-4-2)21(17-13-9-6-10-14-17)24-20(18)16-11-7-5-8-12-16/h5-14,24H,3-4,15H2,1-2H3. The Morgan fingerprint density at radius 3 is 1.50 bits per heavy atom. The topological polar surface area (TPSA) is 64.6 Å². The molecule has 0 fully saturated rings. The molecule has 2 aromatic rings. The Morgan fingerprint density at radius 2 is 1.14 bits per heavy atom. The molecular formula is C23H23NO4. The molecule has 0 saturated carbocycles. The Labute approximate surface area is 164 Å². The van der Waals surface area contributed by atoms with E-state index >= 15 is 0 Å². The van der Waals surface area contributed by atoms with E-state index in [1.54, 1.807) is 13.8 Å². The maximum atomic E-state index is 12.7. The molecule has 0 bridgehead atoms. The van der Waals surface area contributed by atoms with Crippen molar-refractivity contribution in [3.8, 4) is 0 Å². The summed E-state index contributed by atoms with van der Waals surface area (Å²) in [6.07, 6.45) is 0.138. The number of carbonyl (C=O) groups is 2. The van der Waals surface area contributed by atoms with Gasteiger partial charge in [-0.05, 0) is 25.0 Å². The van der Waals surface area contributed by atoms with E-state index in [-0.39, 0.29) is 19.6 Å². The molecule has 1 aliphatic heterocycles. The average Bonchev–Trinajstić information content (AvgIpc) is 2.74. The number of esters is 2. The number of hydrogen-bond donors (Lipinski definition) is 1. The summed E-state index contributed by atoms with van der Waals surface area (Å²) in [7, 11) is 0. The van der Waals surface area contributed by atoms with Crippen LogP contribution in [-0.4, -0.2) is 25.2 Å². The summed E-state index contributed by atoms with van der Waals surface area (Å²) in [4.78, 5) is 25.3. The second-order valence-electron chi connectivity index (χ2n) is 6.18. The lowest BCUT2D eigenvalue weighted by molar-refractivity contribution is -0.139. The fourth-order valence-electron chi connectivity index (χ4n) is 3.12. The van der Waals surface area contributed by atoms with Crippen molar-refractivity contribution in [1.29, 1.82) is 0 Å². The molecule has 0 amide bonds. The third kappa shape index (κ3) is 4.14.